The van der Waals surface area contributed by atoms with Crippen molar-refractivity contribution in [3.05, 3.63) is 97.2 Å². The van der Waals surface area contributed by atoms with E-state index in [1.165, 1.54) is 154 Å². The molecule has 0 bridgehead atoms. The number of hydrogen-bond acceptors (Lipinski definition) is 5. The van der Waals surface area contributed by atoms with Crippen LogP contribution in [0.1, 0.15) is 258 Å². The van der Waals surface area contributed by atoms with E-state index in [2.05, 4.69) is 104 Å². The Labute approximate surface area is 458 Å². The van der Waals surface area contributed by atoms with Gasteiger partial charge in [0.25, 0.3) is 0 Å². The van der Waals surface area contributed by atoms with E-state index in [-0.39, 0.29) is 19.1 Å². The van der Waals surface area contributed by atoms with Gasteiger partial charge in [0.1, 0.15) is 13.2 Å². The van der Waals surface area contributed by atoms with E-state index in [9.17, 15) is 19.4 Å². The fourth-order valence-corrected chi connectivity index (χ4v) is 9.29. The van der Waals surface area contributed by atoms with Crippen LogP contribution in [0, 0.1) is 0 Å². The number of quaternary nitrogens is 1. The largest absolute Gasteiger partial charge is 0.472 e. The molecule has 9 heteroatoms. The number of aliphatic hydroxyl groups excluding tert-OH is 1. The number of nitrogens with one attached hydrogen (secondary N) is 1. The van der Waals surface area contributed by atoms with Gasteiger partial charge in [0.15, 0.2) is 0 Å². The molecule has 3 unspecified atom stereocenters. The molecule has 3 N–H and O–H groups in total. The predicted octanol–water partition coefficient (Wildman–Crippen LogP) is 19.0. The van der Waals surface area contributed by atoms with Gasteiger partial charge < -0.3 is 19.8 Å². The van der Waals surface area contributed by atoms with Crippen molar-refractivity contribution in [2.45, 2.75) is 270 Å². The standard InChI is InChI=1S/C65H117N2O6P/c1-6-8-10-12-14-16-18-20-22-23-24-25-26-27-28-29-30-31-32-33-34-35-36-37-38-39-40-41-42-43-45-47-49-51-53-55-57-59-65(69)66-63(62-73-74(70,71)72-61-60-67(3,4)5)64(68)58-56-54-52-50-48-46-44-21-19-17-15-13-11-9-7-2/h8,10,14,16,20,22,24-25,27-28,30-31,33-34,56,58,63-64,68H,6-7,9,11-13,15,17-19,21,23,26,29,32,35-55,57,59-62H2,1-5H3,(H-,66,69,70,71)/p+1/b10-8-,16-14-,22-20-,25-24-,28-27-,31-30-,34-33-,58-56+. The summed E-state index contributed by atoms with van der Waals surface area (Å²) in [6.45, 7) is 4.71. The minimum Gasteiger partial charge on any atom is -0.387 e. The number of aliphatic hydroxyl groups is 1. The summed E-state index contributed by atoms with van der Waals surface area (Å²) in [7, 11) is 1.57. The Morgan fingerprint density at radius 3 is 1.19 bits per heavy atom. The van der Waals surface area contributed by atoms with Crippen LogP contribution in [0.15, 0.2) is 97.2 Å². The maximum Gasteiger partial charge on any atom is 0.472 e. The second-order valence-electron chi connectivity index (χ2n) is 21.7. The summed E-state index contributed by atoms with van der Waals surface area (Å²) in [5.74, 6) is -0.179. The van der Waals surface area contributed by atoms with Gasteiger partial charge in [-0.2, -0.15) is 0 Å². The monoisotopic (exact) mass is 1050 g/mol. The summed E-state index contributed by atoms with van der Waals surface area (Å²) in [5.41, 5.74) is 0. The molecule has 0 spiro atoms. The highest BCUT2D eigenvalue weighted by Gasteiger charge is 2.27. The normalized spacial score (nSPS) is 14.5. The maximum atomic E-state index is 13.0. The highest BCUT2D eigenvalue weighted by molar-refractivity contribution is 7.47. The Morgan fingerprint density at radius 1 is 0.473 bits per heavy atom. The number of carbonyl (C=O) groups is 1. The second kappa shape index (κ2) is 55.2. The molecule has 1 amide bonds. The zero-order valence-corrected chi connectivity index (χ0v) is 49.7. The van der Waals surface area contributed by atoms with Crippen LogP contribution < -0.4 is 5.32 Å². The van der Waals surface area contributed by atoms with Gasteiger partial charge in [0.2, 0.25) is 5.91 Å². The van der Waals surface area contributed by atoms with Crippen LogP contribution in [0.5, 0.6) is 0 Å². The van der Waals surface area contributed by atoms with Crippen molar-refractivity contribution in [3.8, 4) is 0 Å². The van der Waals surface area contributed by atoms with Gasteiger partial charge in [-0.05, 0) is 77.0 Å². The first-order valence-corrected chi connectivity index (χ1v) is 32.1. The number of unbranched alkanes of at least 4 members (excludes halogenated alkanes) is 28. The molecule has 0 saturated heterocycles. The van der Waals surface area contributed by atoms with Gasteiger partial charge >= 0.3 is 7.82 Å². The van der Waals surface area contributed by atoms with Crippen molar-refractivity contribution in [2.24, 2.45) is 0 Å². The van der Waals surface area contributed by atoms with Crippen LogP contribution in [-0.4, -0.2) is 73.4 Å². The first-order valence-electron chi connectivity index (χ1n) is 30.6. The van der Waals surface area contributed by atoms with Crippen LogP contribution in [0.2, 0.25) is 0 Å². The van der Waals surface area contributed by atoms with Crippen LogP contribution in [-0.2, 0) is 18.4 Å². The van der Waals surface area contributed by atoms with Gasteiger partial charge in [-0.25, -0.2) is 4.57 Å². The van der Waals surface area contributed by atoms with E-state index in [0.717, 1.165) is 83.5 Å². The molecule has 0 aromatic heterocycles. The first kappa shape index (κ1) is 71.4. The Morgan fingerprint density at radius 2 is 0.811 bits per heavy atom. The molecule has 0 radical (unpaired) electrons. The lowest BCUT2D eigenvalue weighted by Crippen LogP contribution is -2.45. The number of hydrogen-bond donors (Lipinski definition) is 3. The fraction of sp³-hybridized carbons (Fsp3) is 0.738. The molecule has 3 atom stereocenters. The highest BCUT2D eigenvalue weighted by Crippen LogP contribution is 2.43. The third kappa shape index (κ3) is 57.1. The van der Waals surface area contributed by atoms with E-state index < -0.39 is 20.0 Å². The first-order chi connectivity index (χ1) is 36.0. The van der Waals surface area contributed by atoms with Gasteiger partial charge in [0, 0.05) is 6.42 Å². The third-order valence-electron chi connectivity index (χ3n) is 13.3. The van der Waals surface area contributed by atoms with E-state index in [1.54, 1.807) is 6.08 Å². The minimum absolute atomic E-state index is 0.0591. The topological polar surface area (TPSA) is 105 Å². The lowest BCUT2D eigenvalue weighted by atomic mass is 10.0. The molecular formula is C65H118N2O6P+. The summed E-state index contributed by atoms with van der Waals surface area (Å²) < 4.78 is 23.7. The molecule has 0 rings (SSSR count). The molecule has 0 aliphatic heterocycles. The average Bonchev–Trinajstić information content (AvgIpc) is 3.36. The molecule has 0 aliphatic carbocycles. The number of nitrogens with zero attached hydrogens (tertiary/aromatic N) is 1. The molecule has 74 heavy (non-hydrogen) atoms. The average molecular weight is 1050 g/mol. The van der Waals surface area contributed by atoms with Gasteiger partial charge in [-0.3, -0.25) is 13.8 Å². The summed E-state index contributed by atoms with van der Waals surface area (Å²) in [4.78, 5) is 23.3. The summed E-state index contributed by atoms with van der Waals surface area (Å²) >= 11 is 0. The van der Waals surface area contributed by atoms with Crippen molar-refractivity contribution in [2.75, 3.05) is 40.9 Å². The minimum atomic E-state index is -4.35. The van der Waals surface area contributed by atoms with Crippen LogP contribution in [0.25, 0.3) is 0 Å². The molecule has 0 fully saturated rings. The van der Waals surface area contributed by atoms with Crippen molar-refractivity contribution in [1.82, 2.24) is 5.32 Å². The van der Waals surface area contributed by atoms with Crippen LogP contribution in [0.4, 0.5) is 0 Å². The molecular weight excluding hydrogens is 936 g/mol. The van der Waals surface area contributed by atoms with E-state index in [0.29, 0.717) is 17.4 Å². The zero-order valence-electron chi connectivity index (χ0n) is 48.8. The van der Waals surface area contributed by atoms with E-state index >= 15 is 0 Å². The number of allylic oxidation sites excluding steroid dienone is 15. The van der Waals surface area contributed by atoms with Gasteiger partial charge in [-0.15, -0.1) is 0 Å². The van der Waals surface area contributed by atoms with E-state index in [4.69, 9.17) is 9.05 Å². The molecule has 0 heterocycles. The molecule has 0 saturated carbocycles. The van der Waals surface area contributed by atoms with Crippen molar-refractivity contribution >= 4 is 13.7 Å². The SMILES string of the molecule is CC/C=C\C/C=C\C/C=C\C/C=C\C/C=C\C/C=C\C/C=C\CCCCCCCCCCCCCCCCCC(=O)NC(COP(=O)(O)OCC[N+](C)(C)C)C(O)/C=C/CCCCCCCCCCCCCCC. The number of phosphoric ester groups is 1. The lowest BCUT2D eigenvalue weighted by molar-refractivity contribution is -0.870. The number of phosphoric acid groups is 1. The smallest absolute Gasteiger partial charge is 0.387 e. The molecule has 0 aromatic rings. The van der Waals surface area contributed by atoms with Crippen molar-refractivity contribution in [1.29, 1.82) is 0 Å². The second-order valence-corrected chi connectivity index (χ2v) is 23.2. The molecule has 8 nitrogen and oxygen atoms in total. The molecule has 0 aromatic carbocycles. The lowest BCUT2D eigenvalue weighted by Gasteiger charge is -2.25. The van der Waals surface area contributed by atoms with Gasteiger partial charge in [0.05, 0.1) is 39.9 Å². The van der Waals surface area contributed by atoms with Gasteiger partial charge in [-0.1, -0.05) is 272 Å². The fourth-order valence-electron chi connectivity index (χ4n) is 8.55. The van der Waals surface area contributed by atoms with E-state index in [1.807, 2.05) is 27.2 Å². The summed E-state index contributed by atoms with van der Waals surface area (Å²) in [6.07, 6.45) is 79.5. The predicted molar refractivity (Wildman–Crippen MR) is 322 cm³/mol. The summed E-state index contributed by atoms with van der Waals surface area (Å²) in [5, 5.41) is 13.9. The van der Waals surface area contributed by atoms with Crippen LogP contribution >= 0.6 is 7.82 Å². The third-order valence-corrected chi connectivity index (χ3v) is 14.3. The Kier molecular flexibility index (Phi) is 53.3. The number of carbonyl (C=O) groups excluding carboxylic acids is 1. The number of likely N-dealkylation sites (N-methyl/N-ethyl adjacent to an activating group) is 1. The highest BCUT2D eigenvalue weighted by atomic mass is 31.2. The Bertz CT molecular complexity index is 1520. The van der Waals surface area contributed by atoms with Crippen LogP contribution in [0.3, 0.4) is 0 Å². The molecule has 428 valence electrons. The Hall–Kier alpha value is -2.58. The Balaban J connectivity index is 4.05. The van der Waals surface area contributed by atoms with Crippen molar-refractivity contribution < 1.29 is 32.9 Å². The maximum absolute atomic E-state index is 13.0. The number of amides is 1. The zero-order chi connectivity index (χ0) is 54.2. The summed E-state index contributed by atoms with van der Waals surface area (Å²) in [6, 6.07) is -0.850. The number of rotatable bonds is 55. The molecule has 0 aliphatic rings. The van der Waals surface area contributed by atoms with Crippen molar-refractivity contribution in [3.63, 3.8) is 0 Å². The quantitative estimate of drug-likeness (QED) is 0.0243.